The minimum atomic E-state index is 0.250. The van der Waals surface area contributed by atoms with E-state index in [1.807, 2.05) is 12.1 Å². The highest BCUT2D eigenvalue weighted by Crippen LogP contribution is 2.26. The maximum absolute atomic E-state index is 9.44. The molecular weight excluding hydrogens is 278 g/mol. The Labute approximate surface area is 130 Å². The van der Waals surface area contributed by atoms with Gasteiger partial charge in [-0.05, 0) is 37.6 Å². The summed E-state index contributed by atoms with van der Waals surface area (Å²) in [7, 11) is 0. The van der Waals surface area contributed by atoms with Crippen LogP contribution >= 0.6 is 0 Å². The number of aryl methyl sites for hydroxylation is 1. The normalized spacial score (nSPS) is 15.1. The van der Waals surface area contributed by atoms with Gasteiger partial charge in [0.15, 0.2) is 5.82 Å². The quantitative estimate of drug-likeness (QED) is 0.944. The Bertz CT molecular complexity index is 650. The number of ether oxygens (including phenoxy) is 1. The van der Waals surface area contributed by atoms with E-state index in [0.717, 1.165) is 55.4 Å². The number of anilines is 1. The summed E-state index contributed by atoms with van der Waals surface area (Å²) in [6.45, 7) is 7.38. The number of benzene rings is 1. The number of hydrogen-bond donors (Lipinski definition) is 1. The van der Waals surface area contributed by atoms with Gasteiger partial charge < -0.3 is 14.7 Å². The minimum Gasteiger partial charge on any atom is -0.508 e. The topological polar surface area (TPSA) is 58.5 Å². The van der Waals surface area contributed by atoms with Crippen molar-refractivity contribution in [1.29, 1.82) is 0 Å². The highest BCUT2D eigenvalue weighted by molar-refractivity contribution is 5.61. The molecule has 0 aliphatic carbocycles. The molecule has 1 aromatic heterocycles. The summed E-state index contributed by atoms with van der Waals surface area (Å²) in [5.74, 6) is 1.96. The molecule has 5 heteroatoms. The Morgan fingerprint density at radius 1 is 1.14 bits per heavy atom. The Morgan fingerprint density at radius 2 is 1.82 bits per heavy atom. The molecule has 22 heavy (non-hydrogen) atoms. The van der Waals surface area contributed by atoms with E-state index >= 15 is 0 Å². The summed E-state index contributed by atoms with van der Waals surface area (Å²) in [5.41, 5.74) is 3.13. The standard InChI is InChI=1S/C17H21N3O2/c1-3-15-12(2)17(20-8-10-22-11-9-20)19-16(18-15)13-4-6-14(21)7-5-13/h4-7,21H,3,8-11H2,1-2H3. The molecule has 0 saturated carbocycles. The molecular formula is C17H21N3O2. The van der Waals surface area contributed by atoms with E-state index < -0.39 is 0 Å². The average molecular weight is 299 g/mol. The van der Waals surface area contributed by atoms with Gasteiger partial charge >= 0.3 is 0 Å². The van der Waals surface area contributed by atoms with Gasteiger partial charge in [0, 0.05) is 29.9 Å². The van der Waals surface area contributed by atoms with E-state index in [4.69, 9.17) is 14.7 Å². The molecule has 1 aromatic carbocycles. The maximum atomic E-state index is 9.44. The predicted molar refractivity (Wildman–Crippen MR) is 86.3 cm³/mol. The van der Waals surface area contributed by atoms with Gasteiger partial charge in [0.25, 0.3) is 0 Å². The third kappa shape index (κ3) is 2.90. The van der Waals surface area contributed by atoms with Gasteiger partial charge in [0.2, 0.25) is 0 Å². The summed E-state index contributed by atoms with van der Waals surface area (Å²) < 4.78 is 5.43. The van der Waals surface area contributed by atoms with Crippen molar-refractivity contribution < 1.29 is 9.84 Å². The van der Waals surface area contributed by atoms with E-state index in [1.54, 1.807) is 12.1 Å². The number of phenols is 1. The second kappa shape index (κ2) is 6.32. The van der Waals surface area contributed by atoms with Gasteiger partial charge in [0.1, 0.15) is 11.6 Å². The predicted octanol–water partition coefficient (Wildman–Crippen LogP) is 2.56. The average Bonchev–Trinajstić information content (AvgIpc) is 2.57. The van der Waals surface area contributed by atoms with Gasteiger partial charge in [0.05, 0.1) is 13.2 Å². The van der Waals surface area contributed by atoms with E-state index in [1.165, 1.54) is 0 Å². The Hall–Kier alpha value is -2.14. The summed E-state index contributed by atoms with van der Waals surface area (Å²) in [5, 5.41) is 9.44. The molecule has 0 radical (unpaired) electrons. The molecule has 1 aliphatic rings. The molecule has 2 heterocycles. The van der Waals surface area contributed by atoms with Gasteiger partial charge in [-0.15, -0.1) is 0 Å². The zero-order valence-corrected chi connectivity index (χ0v) is 13.0. The number of aromatic nitrogens is 2. The van der Waals surface area contributed by atoms with E-state index in [-0.39, 0.29) is 5.75 Å². The van der Waals surface area contributed by atoms with Gasteiger partial charge in [-0.3, -0.25) is 0 Å². The van der Waals surface area contributed by atoms with E-state index in [9.17, 15) is 5.11 Å². The van der Waals surface area contributed by atoms with E-state index in [2.05, 4.69) is 18.7 Å². The minimum absolute atomic E-state index is 0.250. The maximum Gasteiger partial charge on any atom is 0.161 e. The van der Waals surface area contributed by atoms with Crippen LogP contribution in [0.25, 0.3) is 11.4 Å². The second-order valence-corrected chi connectivity index (χ2v) is 5.44. The van der Waals surface area contributed by atoms with Crippen LogP contribution in [-0.2, 0) is 11.2 Å². The lowest BCUT2D eigenvalue weighted by molar-refractivity contribution is 0.122. The molecule has 3 rings (SSSR count). The first-order valence-corrected chi connectivity index (χ1v) is 7.68. The van der Waals surface area contributed by atoms with Crippen molar-refractivity contribution in [2.75, 3.05) is 31.2 Å². The third-order valence-electron chi connectivity index (χ3n) is 3.99. The number of rotatable bonds is 3. The second-order valence-electron chi connectivity index (χ2n) is 5.44. The fourth-order valence-corrected chi connectivity index (χ4v) is 2.72. The van der Waals surface area contributed by atoms with Crippen LogP contribution in [0.5, 0.6) is 5.75 Å². The summed E-state index contributed by atoms with van der Waals surface area (Å²) >= 11 is 0. The molecule has 1 fully saturated rings. The van der Waals surface area contributed by atoms with Crippen LogP contribution in [0.1, 0.15) is 18.2 Å². The largest absolute Gasteiger partial charge is 0.508 e. The van der Waals surface area contributed by atoms with Crippen molar-refractivity contribution in [3.63, 3.8) is 0 Å². The fourth-order valence-electron chi connectivity index (χ4n) is 2.72. The number of phenolic OH excluding ortho intramolecular Hbond substituents is 1. The van der Waals surface area contributed by atoms with Gasteiger partial charge in [-0.2, -0.15) is 0 Å². The smallest absolute Gasteiger partial charge is 0.161 e. The molecule has 5 nitrogen and oxygen atoms in total. The van der Waals surface area contributed by atoms with Crippen molar-refractivity contribution in [1.82, 2.24) is 9.97 Å². The monoisotopic (exact) mass is 299 g/mol. The number of morpholine rings is 1. The molecule has 2 aromatic rings. The first-order valence-electron chi connectivity index (χ1n) is 7.68. The number of nitrogens with zero attached hydrogens (tertiary/aromatic N) is 3. The lowest BCUT2D eigenvalue weighted by Crippen LogP contribution is -2.37. The first kappa shape index (κ1) is 14.8. The van der Waals surface area contributed by atoms with E-state index in [0.29, 0.717) is 5.82 Å². The van der Waals surface area contributed by atoms with Crippen LogP contribution in [0.15, 0.2) is 24.3 Å². The molecule has 0 spiro atoms. The highest BCUT2D eigenvalue weighted by Gasteiger charge is 2.18. The number of hydrogen-bond acceptors (Lipinski definition) is 5. The summed E-state index contributed by atoms with van der Waals surface area (Å²) in [6, 6.07) is 7.03. The van der Waals surface area contributed by atoms with Crippen LogP contribution in [-0.4, -0.2) is 41.4 Å². The third-order valence-corrected chi connectivity index (χ3v) is 3.99. The Morgan fingerprint density at radius 3 is 2.45 bits per heavy atom. The van der Waals surface area contributed by atoms with Crippen molar-refractivity contribution in [2.45, 2.75) is 20.3 Å². The van der Waals surface area contributed by atoms with Crippen LogP contribution in [0.2, 0.25) is 0 Å². The molecule has 1 aliphatic heterocycles. The number of aromatic hydroxyl groups is 1. The Balaban J connectivity index is 2.05. The van der Waals surface area contributed by atoms with Crippen molar-refractivity contribution in [3.05, 3.63) is 35.5 Å². The van der Waals surface area contributed by atoms with Gasteiger partial charge in [-0.1, -0.05) is 6.92 Å². The highest BCUT2D eigenvalue weighted by atomic mass is 16.5. The lowest BCUT2D eigenvalue weighted by atomic mass is 10.1. The van der Waals surface area contributed by atoms with Gasteiger partial charge in [-0.25, -0.2) is 9.97 Å². The molecule has 0 unspecified atom stereocenters. The zero-order chi connectivity index (χ0) is 15.5. The van der Waals surface area contributed by atoms with Crippen LogP contribution < -0.4 is 4.90 Å². The molecule has 1 N–H and O–H groups in total. The zero-order valence-electron chi connectivity index (χ0n) is 13.0. The summed E-state index contributed by atoms with van der Waals surface area (Å²) in [4.78, 5) is 11.7. The molecule has 1 saturated heterocycles. The lowest BCUT2D eigenvalue weighted by Gasteiger charge is -2.29. The van der Waals surface area contributed by atoms with Crippen LogP contribution in [0.4, 0.5) is 5.82 Å². The Kier molecular flexibility index (Phi) is 4.24. The molecule has 0 bridgehead atoms. The van der Waals surface area contributed by atoms with Crippen molar-refractivity contribution >= 4 is 5.82 Å². The van der Waals surface area contributed by atoms with Crippen LogP contribution in [0, 0.1) is 6.92 Å². The SMILES string of the molecule is CCc1nc(-c2ccc(O)cc2)nc(N2CCOCC2)c1C. The van der Waals surface area contributed by atoms with Crippen LogP contribution in [0.3, 0.4) is 0 Å². The summed E-state index contributed by atoms with van der Waals surface area (Å²) in [6.07, 6.45) is 0.872. The van der Waals surface area contributed by atoms with Crippen molar-refractivity contribution in [2.24, 2.45) is 0 Å². The molecule has 0 amide bonds. The fraction of sp³-hybridized carbons (Fsp3) is 0.412. The molecule has 116 valence electrons. The van der Waals surface area contributed by atoms with Crippen molar-refractivity contribution in [3.8, 4) is 17.1 Å². The first-order chi connectivity index (χ1) is 10.7. The molecule has 0 atom stereocenters.